The van der Waals surface area contributed by atoms with Gasteiger partial charge in [-0.3, -0.25) is 33.7 Å². The molecule has 0 heterocycles. The van der Waals surface area contributed by atoms with E-state index in [4.69, 9.17) is 10.2 Å². The third-order valence-electron chi connectivity index (χ3n) is 7.28. The van der Waals surface area contributed by atoms with E-state index in [0.717, 1.165) is 44.9 Å². The largest absolute Gasteiger partial charge is 0.395 e. The Kier molecular flexibility index (Phi) is 30.0. The van der Waals surface area contributed by atoms with Crippen molar-refractivity contribution in [2.75, 3.05) is 72.1 Å². The molecule has 0 rings (SSSR count). The van der Waals surface area contributed by atoms with Crippen molar-refractivity contribution in [2.45, 2.75) is 103 Å². The number of carbonyl (C=O) groups excluding carboxylic acids is 6. The average molecular weight is 686 g/mol. The molecule has 0 unspecified atom stereocenters. The number of nitrogens with zero attached hydrogens (tertiary/aromatic N) is 1. The van der Waals surface area contributed by atoms with Crippen LogP contribution in [0.15, 0.2) is 0 Å². The normalized spacial score (nSPS) is 10.8. The minimum Gasteiger partial charge on any atom is -0.395 e. The lowest BCUT2D eigenvalue weighted by molar-refractivity contribution is -0.128. The van der Waals surface area contributed by atoms with Gasteiger partial charge in [-0.05, 0) is 44.9 Å². The maximum atomic E-state index is 12.7. The molecule has 0 atom stereocenters. The highest BCUT2D eigenvalue weighted by molar-refractivity contribution is 5.84. The van der Waals surface area contributed by atoms with Crippen molar-refractivity contribution in [3.8, 4) is 0 Å². The van der Waals surface area contributed by atoms with Crippen LogP contribution in [-0.4, -0.2) is 123 Å². The predicted molar refractivity (Wildman–Crippen MR) is 184 cm³/mol. The number of hydrogen-bond donors (Lipinski definition) is 8. The fourth-order valence-corrected chi connectivity index (χ4v) is 4.65. The van der Waals surface area contributed by atoms with Crippen LogP contribution < -0.4 is 31.9 Å². The second-order valence-electron chi connectivity index (χ2n) is 11.8. The van der Waals surface area contributed by atoms with Gasteiger partial charge >= 0.3 is 0 Å². The number of nitrogens with one attached hydrogen (secondary N) is 6. The summed E-state index contributed by atoms with van der Waals surface area (Å²) in [6, 6.07) is 0. The summed E-state index contributed by atoms with van der Waals surface area (Å²) in [6.07, 6.45) is 10.7. The standard InChI is InChI=1S/C33H63N7O8/c1-2-3-10-17-34-28(43)14-7-4-11-18-35-31(46)25-40(26-32(47)36-19-12-5-8-15-29(44)38-21-23-41)27-33(48)37-20-13-6-9-16-30(45)39-22-24-42/h41-42H,2-27H2,1H3,(H,34,43)(H,35,46)(H,36,47)(H,37,48)(H,38,44)(H,39,45). The highest BCUT2D eigenvalue weighted by atomic mass is 16.3. The summed E-state index contributed by atoms with van der Waals surface area (Å²) in [6.45, 7) is 3.89. The summed E-state index contributed by atoms with van der Waals surface area (Å²) >= 11 is 0. The Balaban J connectivity index is 4.55. The van der Waals surface area contributed by atoms with Gasteiger partial charge in [-0.1, -0.05) is 39.0 Å². The van der Waals surface area contributed by atoms with E-state index in [0.29, 0.717) is 77.5 Å². The zero-order valence-electron chi connectivity index (χ0n) is 29.2. The number of carbonyl (C=O) groups is 6. The molecule has 0 aliphatic carbocycles. The molecule has 48 heavy (non-hydrogen) atoms. The first-order valence-corrected chi connectivity index (χ1v) is 17.8. The molecule has 0 spiro atoms. The van der Waals surface area contributed by atoms with Gasteiger partial charge in [0.05, 0.1) is 32.8 Å². The molecule has 15 nitrogen and oxygen atoms in total. The smallest absolute Gasteiger partial charge is 0.234 e. The van der Waals surface area contributed by atoms with Gasteiger partial charge in [-0.15, -0.1) is 0 Å². The highest BCUT2D eigenvalue weighted by Gasteiger charge is 2.18. The van der Waals surface area contributed by atoms with E-state index in [1.165, 1.54) is 4.90 Å². The molecule has 15 heteroatoms. The van der Waals surface area contributed by atoms with E-state index < -0.39 is 0 Å². The Morgan fingerprint density at radius 3 is 1.00 bits per heavy atom. The molecule has 0 bridgehead atoms. The molecular weight excluding hydrogens is 622 g/mol. The predicted octanol–water partition coefficient (Wildman–Crippen LogP) is -0.158. The lowest BCUT2D eigenvalue weighted by Crippen LogP contribution is -2.47. The first kappa shape index (κ1) is 44.7. The molecule has 0 aromatic carbocycles. The summed E-state index contributed by atoms with van der Waals surface area (Å²) < 4.78 is 0. The minimum atomic E-state index is -0.316. The Hall–Kier alpha value is -3.30. The van der Waals surface area contributed by atoms with Crippen molar-refractivity contribution < 1.29 is 39.0 Å². The molecule has 0 saturated heterocycles. The number of hydrogen-bond acceptors (Lipinski definition) is 9. The second-order valence-corrected chi connectivity index (χ2v) is 11.8. The van der Waals surface area contributed by atoms with Gasteiger partial charge in [0.1, 0.15) is 0 Å². The molecule has 0 aliphatic rings. The Morgan fingerprint density at radius 2 is 0.688 bits per heavy atom. The lowest BCUT2D eigenvalue weighted by Gasteiger charge is -2.21. The molecular formula is C33H63N7O8. The van der Waals surface area contributed by atoms with Crippen molar-refractivity contribution in [1.29, 1.82) is 0 Å². The number of unbranched alkanes of at least 4 members (excludes halogenated alkanes) is 8. The van der Waals surface area contributed by atoms with Gasteiger partial charge in [0.25, 0.3) is 0 Å². The van der Waals surface area contributed by atoms with Crippen LogP contribution >= 0.6 is 0 Å². The van der Waals surface area contributed by atoms with Crippen LogP contribution in [0.25, 0.3) is 0 Å². The summed E-state index contributed by atoms with van der Waals surface area (Å²) in [4.78, 5) is 74.5. The van der Waals surface area contributed by atoms with Crippen molar-refractivity contribution in [3.63, 3.8) is 0 Å². The van der Waals surface area contributed by atoms with Gasteiger partial charge in [0.2, 0.25) is 35.4 Å². The van der Waals surface area contributed by atoms with E-state index in [1.54, 1.807) is 0 Å². The van der Waals surface area contributed by atoms with Crippen LogP contribution in [0.4, 0.5) is 0 Å². The van der Waals surface area contributed by atoms with Crippen LogP contribution in [0, 0.1) is 0 Å². The first-order chi connectivity index (χ1) is 23.2. The fourth-order valence-electron chi connectivity index (χ4n) is 4.65. The van der Waals surface area contributed by atoms with Gasteiger partial charge in [0.15, 0.2) is 0 Å². The first-order valence-electron chi connectivity index (χ1n) is 17.8. The Morgan fingerprint density at radius 1 is 0.396 bits per heavy atom. The molecule has 6 amide bonds. The zero-order valence-corrected chi connectivity index (χ0v) is 29.2. The third-order valence-corrected chi connectivity index (χ3v) is 7.28. The topological polar surface area (TPSA) is 218 Å². The van der Waals surface area contributed by atoms with Gasteiger partial charge in [-0.25, -0.2) is 0 Å². The third kappa shape index (κ3) is 30.1. The van der Waals surface area contributed by atoms with E-state index in [-0.39, 0.29) is 81.4 Å². The van der Waals surface area contributed by atoms with E-state index in [9.17, 15) is 28.8 Å². The van der Waals surface area contributed by atoms with Gasteiger partial charge in [-0.2, -0.15) is 0 Å². The number of aliphatic hydroxyl groups excluding tert-OH is 2. The number of amides is 6. The van der Waals surface area contributed by atoms with Gasteiger partial charge in [0, 0.05) is 58.5 Å². The quantitative estimate of drug-likeness (QED) is 0.0441. The molecule has 278 valence electrons. The summed E-state index contributed by atoms with van der Waals surface area (Å²) in [5, 5.41) is 34.1. The molecule has 0 aliphatic heterocycles. The summed E-state index contributed by atoms with van der Waals surface area (Å²) in [5.41, 5.74) is 0. The maximum Gasteiger partial charge on any atom is 0.234 e. The van der Waals surface area contributed by atoms with E-state index in [1.807, 2.05) is 0 Å². The van der Waals surface area contributed by atoms with Crippen LogP contribution in [0.2, 0.25) is 0 Å². The SMILES string of the molecule is CCCCCNC(=O)CCCCCNC(=O)CN(CC(=O)NCCCCCC(=O)NCCO)CC(=O)NCCCCCC(=O)NCCO. The number of aliphatic hydroxyl groups is 2. The minimum absolute atomic E-state index is 0.0469. The second kappa shape index (κ2) is 32.3. The molecule has 0 fully saturated rings. The summed E-state index contributed by atoms with van der Waals surface area (Å²) in [5.74, 6) is -1.13. The van der Waals surface area contributed by atoms with Gasteiger partial charge < -0.3 is 42.1 Å². The molecule has 0 aromatic heterocycles. The van der Waals surface area contributed by atoms with Crippen LogP contribution in [0.1, 0.15) is 103 Å². The summed E-state index contributed by atoms with van der Waals surface area (Å²) in [7, 11) is 0. The average Bonchev–Trinajstić information content (AvgIpc) is 3.05. The molecule has 0 aromatic rings. The van der Waals surface area contributed by atoms with E-state index >= 15 is 0 Å². The number of rotatable bonds is 32. The highest BCUT2D eigenvalue weighted by Crippen LogP contribution is 2.02. The zero-order chi connectivity index (χ0) is 35.7. The molecule has 8 N–H and O–H groups in total. The van der Waals surface area contributed by atoms with Crippen molar-refractivity contribution in [2.24, 2.45) is 0 Å². The van der Waals surface area contributed by atoms with Crippen LogP contribution in [0.3, 0.4) is 0 Å². The van der Waals surface area contributed by atoms with Crippen LogP contribution in [0.5, 0.6) is 0 Å². The maximum absolute atomic E-state index is 12.7. The monoisotopic (exact) mass is 685 g/mol. The van der Waals surface area contributed by atoms with Crippen molar-refractivity contribution >= 4 is 35.4 Å². The molecule has 0 radical (unpaired) electrons. The van der Waals surface area contributed by atoms with E-state index in [2.05, 4.69) is 38.8 Å². The van der Waals surface area contributed by atoms with Crippen molar-refractivity contribution in [1.82, 2.24) is 36.8 Å². The molecule has 0 saturated carbocycles. The Labute approximate surface area is 286 Å². The Bertz CT molecular complexity index is 861. The van der Waals surface area contributed by atoms with Crippen molar-refractivity contribution in [3.05, 3.63) is 0 Å². The fraction of sp³-hybridized carbons (Fsp3) is 0.818. The van der Waals surface area contributed by atoms with Crippen LogP contribution in [-0.2, 0) is 28.8 Å². The lowest BCUT2D eigenvalue weighted by atomic mass is 10.2.